The van der Waals surface area contributed by atoms with Crippen molar-refractivity contribution in [2.45, 2.75) is 19.0 Å². The zero-order valence-electron chi connectivity index (χ0n) is 15.5. The van der Waals surface area contributed by atoms with Gasteiger partial charge in [-0.25, -0.2) is 4.98 Å². The second-order valence-corrected chi connectivity index (χ2v) is 7.21. The van der Waals surface area contributed by atoms with Crippen molar-refractivity contribution in [3.05, 3.63) is 71.5 Å². The third-order valence-corrected chi connectivity index (χ3v) is 4.81. The van der Waals surface area contributed by atoms with Crippen molar-refractivity contribution in [1.82, 2.24) is 20.4 Å². The first kappa shape index (κ1) is 19.5. The molecule has 0 saturated carbocycles. The van der Waals surface area contributed by atoms with E-state index >= 15 is 0 Å². The van der Waals surface area contributed by atoms with Gasteiger partial charge in [0.05, 0.1) is 5.75 Å². The van der Waals surface area contributed by atoms with Crippen LogP contribution >= 0.6 is 11.8 Å². The Kier molecular flexibility index (Phi) is 6.00. The molecule has 0 radical (unpaired) electrons. The fourth-order valence-corrected chi connectivity index (χ4v) is 3.47. The number of thioether (sulfide) groups is 1. The maximum absolute atomic E-state index is 12.1. The first-order valence-corrected chi connectivity index (χ1v) is 9.54. The molecule has 3 N–H and O–H groups in total. The zero-order valence-corrected chi connectivity index (χ0v) is 16.3. The smallest absolute Gasteiger partial charge is 0.269 e. The molecular formula is C20H20N4O3S. The van der Waals surface area contributed by atoms with Crippen LogP contribution in [-0.4, -0.2) is 32.2 Å². The Hall–Kier alpha value is -3.26. The fraction of sp³-hybridized carbons (Fsp3) is 0.150. The highest BCUT2D eigenvalue weighted by molar-refractivity contribution is 7.99. The molecule has 0 spiro atoms. The third kappa shape index (κ3) is 4.92. The number of hydrazine groups is 1. The standard InChI is InChI=1S/C20H20N4O3S/c1-13-8-14(2)10-16(9-13)24-7-6-21-20(24)28-12-18(26)22-23-19(27)15-4-3-5-17(25)11-15/h3-11,25H,12H2,1-2H3,(H,22,26)(H,23,27). The molecule has 2 aromatic carbocycles. The molecule has 0 unspecified atom stereocenters. The van der Waals surface area contributed by atoms with Crippen molar-refractivity contribution in [3.63, 3.8) is 0 Å². The number of rotatable bonds is 5. The van der Waals surface area contributed by atoms with Gasteiger partial charge in [0.25, 0.3) is 5.91 Å². The van der Waals surface area contributed by atoms with Crippen molar-refractivity contribution in [1.29, 1.82) is 0 Å². The number of carbonyl (C=O) groups is 2. The van der Waals surface area contributed by atoms with E-state index in [1.54, 1.807) is 12.3 Å². The summed E-state index contributed by atoms with van der Waals surface area (Å²) >= 11 is 1.27. The molecule has 144 valence electrons. The SMILES string of the molecule is Cc1cc(C)cc(-n2ccnc2SCC(=O)NNC(=O)c2cccc(O)c2)c1. The Bertz CT molecular complexity index is 996. The first-order valence-electron chi connectivity index (χ1n) is 8.55. The number of imidazole rings is 1. The number of phenols is 1. The summed E-state index contributed by atoms with van der Waals surface area (Å²) < 4.78 is 1.92. The second kappa shape index (κ2) is 8.62. The normalized spacial score (nSPS) is 10.5. The van der Waals surface area contributed by atoms with Crippen molar-refractivity contribution in [3.8, 4) is 11.4 Å². The molecule has 8 heteroatoms. The van der Waals surface area contributed by atoms with E-state index < -0.39 is 5.91 Å². The summed E-state index contributed by atoms with van der Waals surface area (Å²) in [5, 5.41) is 10.1. The first-order chi connectivity index (χ1) is 13.4. The fourth-order valence-electron chi connectivity index (χ4n) is 2.69. The lowest BCUT2D eigenvalue weighted by Gasteiger charge is -2.10. The van der Waals surface area contributed by atoms with Gasteiger partial charge >= 0.3 is 0 Å². The van der Waals surface area contributed by atoms with Gasteiger partial charge in [-0.1, -0.05) is 23.9 Å². The average molecular weight is 396 g/mol. The number of hydrogen-bond acceptors (Lipinski definition) is 5. The Morgan fingerprint density at radius 1 is 1.11 bits per heavy atom. The van der Waals surface area contributed by atoms with Crippen LogP contribution in [0.3, 0.4) is 0 Å². The summed E-state index contributed by atoms with van der Waals surface area (Å²) in [6.45, 7) is 4.06. The third-order valence-electron chi connectivity index (χ3n) is 3.85. The van der Waals surface area contributed by atoms with E-state index in [0.29, 0.717) is 5.16 Å². The summed E-state index contributed by atoms with van der Waals surface area (Å²) in [6, 6.07) is 12.1. The predicted octanol–water partition coefficient (Wildman–Crippen LogP) is 2.75. The van der Waals surface area contributed by atoms with Gasteiger partial charge in [-0.15, -0.1) is 0 Å². The second-order valence-electron chi connectivity index (χ2n) is 6.27. The number of amides is 2. The van der Waals surface area contributed by atoms with Crippen LogP contribution in [-0.2, 0) is 4.79 Å². The molecular weight excluding hydrogens is 376 g/mol. The van der Waals surface area contributed by atoms with E-state index in [4.69, 9.17) is 0 Å². The Balaban J connectivity index is 1.57. The monoisotopic (exact) mass is 396 g/mol. The molecule has 3 aromatic rings. The minimum Gasteiger partial charge on any atom is -0.508 e. The Morgan fingerprint density at radius 2 is 1.86 bits per heavy atom. The van der Waals surface area contributed by atoms with Crippen LogP contribution in [0, 0.1) is 13.8 Å². The number of carbonyl (C=O) groups excluding carboxylic acids is 2. The molecule has 3 rings (SSSR count). The topological polar surface area (TPSA) is 96.3 Å². The van der Waals surface area contributed by atoms with Crippen LogP contribution in [0.25, 0.3) is 5.69 Å². The number of phenolic OH excluding ortho intramolecular Hbond substituents is 1. The summed E-state index contributed by atoms with van der Waals surface area (Å²) in [5.74, 6) is -0.811. The molecule has 0 atom stereocenters. The molecule has 7 nitrogen and oxygen atoms in total. The minimum atomic E-state index is -0.508. The number of nitrogens with zero attached hydrogens (tertiary/aromatic N) is 2. The van der Waals surface area contributed by atoms with Crippen molar-refractivity contribution < 1.29 is 14.7 Å². The number of nitrogens with one attached hydrogen (secondary N) is 2. The van der Waals surface area contributed by atoms with Crippen LogP contribution in [0.5, 0.6) is 5.75 Å². The van der Waals surface area contributed by atoms with Gasteiger partial charge in [0.15, 0.2) is 5.16 Å². The Labute approximate surface area is 166 Å². The number of aromatic nitrogens is 2. The number of aryl methyl sites for hydroxylation is 2. The summed E-state index contributed by atoms with van der Waals surface area (Å²) in [5.41, 5.74) is 8.21. The molecule has 28 heavy (non-hydrogen) atoms. The van der Waals surface area contributed by atoms with Crippen molar-refractivity contribution >= 4 is 23.6 Å². The molecule has 1 aromatic heterocycles. The highest BCUT2D eigenvalue weighted by Crippen LogP contribution is 2.22. The largest absolute Gasteiger partial charge is 0.508 e. The van der Waals surface area contributed by atoms with Crippen molar-refractivity contribution in [2.24, 2.45) is 0 Å². The molecule has 0 aliphatic heterocycles. The molecule has 0 fully saturated rings. The maximum Gasteiger partial charge on any atom is 0.269 e. The predicted molar refractivity (Wildman–Crippen MR) is 107 cm³/mol. The van der Waals surface area contributed by atoms with E-state index in [-0.39, 0.29) is 23.0 Å². The maximum atomic E-state index is 12.1. The number of benzene rings is 2. The average Bonchev–Trinajstić information content (AvgIpc) is 3.12. The molecule has 2 amide bonds. The Morgan fingerprint density at radius 3 is 2.57 bits per heavy atom. The van der Waals surface area contributed by atoms with Gasteiger partial charge in [-0.3, -0.25) is 25.0 Å². The van der Waals surface area contributed by atoms with E-state index in [2.05, 4.69) is 21.9 Å². The van der Waals surface area contributed by atoms with E-state index in [9.17, 15) is 14.7 Å². The molecule has 0 aliphatic rings. The quantitative estimate of drug-likeness (QED) is 0.455. The van der Waals surface area contributed by atoms with Crippen LogP contribution in [0.15, 0.2) is 60.0 Å². The summed E-state index contributed by atoms with van der Waals surface area (Å²) in [6.07, 6.45) is 3.53. The van der Waals surface area contributed by atoms with Crippen LogP contribution in [0.1, 0.15) is 21.5 Å². The number of hydrogen-bond donors (Lipinski definition) is 3. The van der Waals surface area contributed by atoms with E-state index in [1.807, 2.05) is 36.7 Å². The number of aromatic hydroxyl groups is 1. The summed E-state index contributed by atoms with van der Waals surface area (Å²) in [7, 11) is 0. The highest BCUT2D eigenvalue weighted by atomic mass is 32.2. The van der Waals surface area contributed by atoms with Gasteiger partial charge in [-0.05, 0) is 55.3 Å². The van der Waals surface area contributed by atoms with Crippen LogP contribution in [0.4, 0.5) is 0 Å². The lowest BCUT2D eigenvalue weighted by atomic mass is 10.1. The van der Waals surface area contributed by atoms with Crippen LogP contribution < -0.4 is 10.9 Å². The van der Waals surface area contributed by atoms with Gasteiger partial charge in [0, 0.05) is 23.6 Å². The van der Waals surface area contributed by atoms with E-state index in [0.717, 1.165) is 16.8 Å². The minimum absolute atomic E-state index is 0.0206. The van der Waals surface area contributed by atoms with Gasteiger partial charge in [0.2, 0.25) is 5.91 Å². The molecule has 0 saturated heterocycles. The zero-order chi connectivity index (χ0) is 20.1. The van der Waals surface area contributed by atoms with Gasteiger partial charge in [0.1, 0.15) is 5.75 Å². The molecule has 0 aliphatic carbocycles. The molecule has 1 heterocycles. The molecule has 0 bridgehead atoms. The van der Waals surface area contributed by atoms with Gasteiger partial charge < -0.3 is 5.11 Å². The lowest BCUT2D eigenvalue weighted by molar-refractivity contribution is -0.119. The van der Waals surface area contributed by atoms with Crippen LogP contribution in [0.2, 0.25) is 0 Å². The van der Waals surface area contributed by atoms with Crippen molar-refractivity contribution in [2.75, 3.05) is 5.75 Å². The van der Waals surface area contributed by atoms with Gasteiger partial charge in [-0.2, -0.15) is 0 Å². The summed E-state index contributed by atoms with van der Waals surface area (Å²) in [4.78, 5) is 28.3. The van der Waals surface area contributed by atoms with E-state index in [1.165, 1.54) is 30.0 Å². The lowest BCUT2D eigenvalue weighted by Crippen LogP contribution is -2.42. The highest BCUT2D eigenvalue weighted by Gasteiger charge is 2.11.